The van der Waals surface area contributed by atoms with Crippen LogP contribution < -0.4 is 11.1 Å². The molecule has 84 valence electrons. The van der Waals surface area contributed by atoms with Gasteiger partial charge in [-0.3, -0.25) is 0 Å². The van der Waals surface area contributed by atoms with E-state index in [2.05, 4.69) is 33.4 Å². The number of rotatable bonds is 4. The van der Waals surface area contributed by atoms with Crippen molar-refractivity contribution < 1.29 is 0 Å². The molecule has 0 aliphatic heterocycles. The van der Waals surface area contributed by atoms with Gasteiger partial charge in [0.1, 0.15) is 0 Å². The lowest BCUT2D eigenvalue weighted by molar-refractivity contribution is 0.484. The third-order valence-corrected chi connectivity index (χ3v) is 4.57. The number of hydrogen-bond donors (Lipinski definition) is 2. The van der Waals surface area contributed by atoms with Crippen molar-refractivity contribution in [3.63, 3.8) is 0 Å². The molecule has 0 amide bonds. The molecule has 4 heteroatoms. The van der Waals surface area contributed by atoms with Gasteiger partial charge in [-0.1, -0.05) is 0 Å². The number of nitrogens with two attached hydrogens (primary N) is 1. The Kier molecular flexibility index (Phi) is 4.20. The van der Waals surface area contributed by atoms with Gasteiger partial charge in [0.15, 0.2) is 0 Å². The predicted molar refractivity (Wildman–Crippen MR) is 69.0 cm³/mol. The van der Waals surface area contributed by atoms with Gasteiger partial charge in [0, 0.05) is 17.5 Å². The van der Waals surface area contributed by atoms with Crippen LogP contribution >= 0.6 is 27.3 Å². The summed E-state index contributed by atoms with van der Waals surface area (Å²) in [5.41, 5.74) is 5.88. The highest BCUT2D eigenvalue weighted by atomic mass is 79.9. The smallest absolute Gasteiger partial charge is 0.0701 e. The SMILES string of the molecule is NC1CCC(CNCc2ccc(Br)s2)C1. The van der Waals surface area contributed by atoms with Gasteiger partial charge in [-0.2, -0.15) is 0 Å². The van der Waals surface area contributed by atoms with Crippen molar-refractivity contribution in [2.24, 2.45) is 11.7 Å². The average molecular weight is 289 g/mol. The zero-order valence-electron chi connectivity index (χ0n) is 8.71. The molecular weight excluding hydrogens is 272 g/mol. The van der Waals surface area contributed by atoms with E-state index in [0.717, 1.165) is 19.0 Å². The van der Waals surface area contributed by atoms with Crippen LogP contribution in [-0.4, -0.2) is 12.6 Å². The van der Waals surface area contributed by atoms with Crippen molar-refractivity contribution in [2.45, 2.75) is 31.8 Å². The van der Waals surface area contributed by atoms with E-state index in [9.17, 15) is 0 Å². The van der Waals surface area contributed by atoms with Crippen LogP contribution in [0.15, 0.2) is 15.9 Å². The molecule has 1 fully saturated rings. The topological polar surface area (TPSA) is 38.0 Å². The minimum Gasteiger partial charge on any atom is -0.328 e. The molecule has 2 nitrogen and oxygen atoms in total. The molecule has 15 heavy (non-hydrogen) atoms. The Bertz CT molecular complexity index is 313. The van der Waals surface area contributed by atoms with Crippen LogP contribution in [0.3, 0.4) is 0 Å². The number of hydrogen-bond acceptors (Lipinski definition) is 3. The molecule has 1 heterocycles. The van der Waals surface area contributed by atoms with Crippen molar-refractivity contribution in [2.75, 3.05) is 6.54 Å². The lowest BCUT2D eigenvalue weighted by Crippen LogP contribution is -2.22. The molecule has 1 aliphatic rings. The van der Waals surface area contributed by atoms with Gasteiger partial charge in [0.2, 0.25) is 0 Å². The first-order valence-electron chi connectivity index (χ1n) is 5.44. The van der Waals surface area contributed by atoms with Crippen molar-refractivity contribution in [3.8, 4) is 0 Å². The summed E-state index contributed by atoms with van der Waals surface area (Å²) in [6, 6.07) is 4.72. The average Bonchev–Trinajstić information content (AvgIpc) is 2.76. The predicted octanol–water partition coefficient (Wildman–Crippen LogP) is 2.73. The van der Waals surface area contributed by atoms with Gasteiger partial charge in [0.05, 0.1) is 3.79 Å². The van der Waals surface area contributed by atoms with Gasteiger partial charge in [-0.15, -0.1) is 11.3 Å². The molecule has 1 aliphatic carbocycles. The van der Waals surface area contributed by atoms with E-state index in [1.165, 1.54) is 27.9 Å². The molecule has 2 rings (SSSR count). The Balaban J connectivity index is 1.67. The van der Waals surface area contributed by atoms with Gasteiger partial charge < -0.3 is 11.1 Å². The zero-order chi connectivity index (χ0) is 10.7. The number of nitrogens with one attached hydrogen (secondary N) is 1. The molecule has 1 saturated carbocycles. The molecule has 3 N–H and O–H groups in total. The Morgan fingerprint density at radius 1 is 1.47 bits per heavy atom. The second kappa shape index (κ2) is 5.43. The summed E-state index contributed by atoms with van der Waals surface area (Å²) in [6.07, 6.45) is 3.69. The minimum absolute atomic E-state index is 0.452. The van der Waals surface area contributed by atoms with Crippen molar-refractivity contribution in [1.82, 2.24) is 5.32 Å². The van der Waals surface area contributed by atoms with E-state index < -0.39 is 0 Å². The third-order valence-electron chi connectivity index (χ3n) is 2.94. The van der Waals surface area contributed by atoms with Crippen LogP contribution in [0.5, 0.6) is 0 Å². The maximum Gasteiger partial charge on any atom is 0.0701 e. The quantitative estimate of drug-likeness (QED) is 0.894. The first kappa shape index (κ1) is 11.6. The zero-order valence-corrected chi connectivity index (χ0v) is 11.1. The van der Waals surface area contributed by atoms with Gasteiger partial charge in [-0.25, -0.2) is 0 Å². The summed E-state index contributed by atoms with van der Waals surface area (Å²) in [5, 5.41) is 3.51. The molecule has 1 aromatic rings. The van der Waals surface area contributed by atoms with Crippen molar-refractivity contribution in [1.29, 1.82) is 0 Å². The summed E-state index contributed by atoms with van der Waals surface area (Å²) in [6.45, 7) is 2.10. The van der Waals surface area contributed by atoms with Crippen LogP contribution in [-0.2, 0) is 6.54 Å². The molecule has 2 atom stereocenters. The van der Waals surface area contributed by atoms with Crippen LogP contribution in [0, 0.1) is 5.92 Å². The largest absolute Gasteiger partial charge is 0.328 e. The van der Waals surface area contributed by atoms with E-state index in [-0.39, 0.29) is 0 Å². The normalized spacial score (nSPS) is 26.0. The van der Waals surface area contributed by atoms with Crippen LogP contribution in [0.25, 0.3) is 0 Å². The fourth-order valence-electron chi connectivity index (χ4n) is 2.15. The van der Waals surface area contributed by atoms with E-state index in [1.54, 1.807) is 11.3 Å². The lowest BCUT2D eigenvalue weighted by Gasteiger charge is -2.09. The van der Waals surface area contributed by atoms with E-state index in [4.69, 9.17) is 5.73 Å². The van der Waals surface area contributed by atoms with Crippen molar-refractivity contribution in [3.05, 3.63) is 20.8 Å². The van der Waals surface area contributed by atoms with Gasteiger partial charge in [-0.05, 0) is 59.8 Å². The molecular formula is C11H17BrN2S. The van der Waals surface area contributed by atoms with E-state index in [0.29, 0.717) is 6.04 Å². The van der Waals surface area contributed by atoms with E-state index in [1.807, 2.05) is 0 Å². The van der Waals surface area contributed by atoms with Crippen LogP contribution in [0.4, 0.5) is 0 Å². The van der Waals surface area contributed by atoms with Crippen LogP contribution in [0.2, 0.25) is 0 Å². The summed E-state index contributed by atoms with van der Waals surface area (Å²) >= 11 is 5.27. The summed E-state index contributed by atoms with van der Waals surface area (Å²) in [7, 11) is 0. The maximum atomic E-state index is 5.88. The molecule has 0 aromatic carbocycles. The van der Waals surface area contributed by atoms with Crippen LogP contribution in [0.1, 0.15) is 24.1 Å². The first-order chi connectivity index (χ1) is 7.24. The highest BCUT2D eigenvalue weighted by Crippen LogP contribution is 2.24. The minimum atomic E-state index is 0.452. The van der Waals surface area contributed by atoms with E-state index >= 15 is 0 Å². The first-order valence-corrected chi connectivity index (χ1v) is 7.05. The molecule has 1 aromatic heterocycles. The summed E-state index contributed by atoms with van der Waals surface area (Å²) in [5.74, 6) is 0.795. The Hall–Kier alpha value is 0.1000. The second-order valence-corrected chi connectivity index (χ2v) is 6.82. The number of halogens is 1. The fourth-order valence-corrected chi connectivity index (χ4v) is 3.60. The molecule has 0 spiro atoms. The molecule has 0 saturated heterocycles. The second-order valence-electron chi connectivity index (χ2n) is 4.28. The molecule has 2 unspecified atom stereocenters. The summed E-state index contributed by atoms with van der Waals surface area (Å²) < 4.78 is 1.21. The highest BCUT2D eigenvalue weighted by Gasteiger charge is 2.20. The summed E-state index contributed by atoms with van der Waals surface area (Å²) in [4.78, 5) is 1.39. The molecule has 0 radical (unpaired) electrons. The maximum absolute atomic E-state index is 5.88. The number of thiophene rings is 1. The lowest BCUT2D eigenvalue weighted by atomic mass is 10.1. The van der Waals surface area contributed by atoms with Gasteiger partial charge in [0.25, 0.3) is 0 Å². The Morgan fingerprint density at radius 3 is 2.93 bits per heavy atom. The Morgan fingerprint density at radius 2 is 2.33 bits per heavy atom. The highest BCUT2D eigenvalue weighted by molar-refractivity contribution is 9.11. The monoisotopic (exact) mass is 288 g/mol. The fraction of sp³-hybridized carbons (Fsp3) is 0.636. The van der Waals surface area contributed by atoms with Crippen molar-refractivity contribution >= 4 is 27.3 Å². The Labute approximate surface area is 103 Å². The molecule has 0 bridgehead atoms. The van der Waals surface area contributed by atoms with Gasteiger partial charge >= 0.3 is 0 Å². The third kappa shape index (κ3) is 3.55. The standard InChI is InChI=1S/C11H17BrN2S/c12-11-4-3-10(15-11)7-14-6-8-1-2-9(13)5-8/h3-4,8-9,14H,1-2,5-7,13H2.